The number of urea groups is 1. The monoisotopic (exact) mass is 313 g/mol. The third-order valence-electron chi connectivity index (χ3n) is 5.18. The summed E-state index contributed by atoms with van der Waals surface area (Å²) in [6.45, 7) is 5.74. The summed E-state index contributed by atoms with van der Waals surface area (Å²) in [4.78, 5) is 28.3. The Labute approximate surface area is 134 Å². The van der Waals surface area contributed by atoms with Crippen molar-refractivity contribution in [3.05, 3.63) is 28.8 Å². The second kappa shape index (κ2) is 5.07. The predicted octanol–water partition coefficient (Wildman–Crippen LogP) is 1.72. The average Bonchev–Trinajstić information content (AvgIpc) is 2.93. The molecule has 0 spiro atoms. The molecule has 6 heteroatoms. The van der Waals surface area contributed by atoms with Crippen LogP contribution in [-0.2, 0) is 11.2 Å². The number of aliphatic hydroxyl groups is 1. The summed E-state index contributed by atoms with van der Waals surface area (Å²) in [7, 11) is 0. The normalized spacial score (nSPS) is 26.7. The van der Waals surface area contributed by atoms with E-state index in [4.69, 9.17) is 5.26 Å². The van der Waals surface area contributed by atoms with Crippen LogP contribution in [0, 0.1) is 18.3 Å². The largest absolute Gasteiger partial charge is 0.390 e. The van der Waals surface area contributed by atoms with Gasteiger partial charge in [-0.3, -0.25) is 4.79 Å². The zero-order valence-electron chi connectivity index (χ0n) is 13.5. The molecule has 2 atom stereocenters. The fourth-order valence-corrected chi connectivity index (χ4v) is 3.66. The number of rotatable bonds is 2. The minimum Gasteiger partial charge on any atom is -0.390 e. The highest BCUT2D eigenvalue weighted by molar-refractivity contribution is 6.24. The molecule has 0 saturated carbocycles. The number of nitriles is 1. The molecule has 0 radical (unpaired) electrons. The fourth-order valence-electron chi connectivity index (χ4n) is 3.66. The Morgan fingerprint density at radius 2 is 2.13 bits per heavy atom. The number of anilines is 1. The molecule has 1 aromatic carbocycles. The van der Waals surface area contributed by atoms with Crippen molar-refractivity contribution < 1.29 is 14.7 Å². The standard InChI is InChI=1S/C17H19N3O3/c1-4-12-10(2)11(9-18)5-6-13(12)20-15(22)17(3)14(21)7-8-19(17)16(20)23/h5-6,14,21H,4,7-8H2,1-3H3/t14-,17?/m0/s1. The first-order chi connectivity index (χ1) is 10.9. The molecule has 6 nitrogen and oxygen atoms in total. The molecule has 0 bridgehead atoms. The van der Waals surface area contributed by atoms with E-state index in [1.165, 1.54) is 4.90 Å². The molecule has 1 unspecified atom stereocenters. The number of hydrogen-bond acceptors (Lipinski definition) is 4. The van der Waals surface area contributed by atoms with Gasteiger partial charge >= 0.3 is 6.03 Å². The predicted molar refractivity (Wildman–Crippen MR) is 83.9 cm³/mol. The zero-order chi connectivity index (χ0) is 16.9. The second-order valence-corrected chi connectivity index (χ2v) is 6.23. The first kappa shape index (κ1) is 15.5. The van der Waals surface area contributed by atoms with Crippen molar-refractivity contribution >= 4 is 17.6 Å². The first-order valence-corrected chi connectivity index (χ1v) is 7.74. The van der Waals surface area contributed by atoms with Crippen molar-refractivity contribution in [3.63, 3.8) is 0 Å². The van der Waals surface area contributed by atoms with Crippen LogP contribution in [0.15, 0.2) is 12.1 Å². The van der Waals surface area contributed by atoms with Gasteiger partial charge in [0, 0.05) is 6.54 Å². The number of fused-ring (bicyclic) bond motifs is 1. The Hall–Kier alpha value is -2.39. The van der Waals surface area contributed by atoms with Crippen LogP contribution < -0.4 is 4.90 Å². The fraction of sp³-hybridized carbons (Fsp3) is 0.471. The molecule has 0 aromatic heterocycles. The van der Waals surface area contributed by atoms with Gasteiger partial charge in [-0.1, -0.05) is 6.92 Å². The number of nitrogens with zero attached hydrogens (tertiary/aromatic N) is 3. The van der Waals surface area contributed by atoms with Gasteiger partial charge in [0.05, 0.1) is 23.4 Å². The zero-order valence-corrected chi connectivity index (χ0v) is 13.5. The minimum absolute atomic E-state index is 0.370. The summed E-state index contributed by atoms with van der Waals surface area (Å²) in [6, 6.07) is 5.01. The Morgan fingerprint density at radius 1 is 1.43 bits per heavy atom. The lowest BCUT2D eigenvalue weighted by molar-refractivity contribution is -0.126. The maximum Gasteiger partial charge on any atom is 0.332 e. The summed E-state index contributed by atoms with van der Waals surface area (Å²) < 4.78 is 0. The minimum atomic E-state index is -1.19. The van der Waals surface area contributed by atoms with E-state index in [2.05, 4.69) is 6.07 Å². The molecule has 2 aliphatic rings. The first-order valence-electron chi connectivity index (χ1n) is 7.74. The third kappa shape index (κ3) is 1.83. The van der Waals surface area contributed by atoms with E-state index in [1.807, 2.05) is 13.8 Å². The van der Waals surface area contributed by atoms with Crippen molar-refractivity contribution in [1.29, 1.82) is 5.26 Å². The maximum absolute atomic E-state index is 12.9. The Bertz CT molecular complexity index is 752. The summed E-state index contributed by atoms with van der Waals surface area (Å²) in [5.41, 5.74) is 1.46. The van der Waals surface area contributed by atoms with E-state index in [9.17, 15) is 14.7 Å². The summed E-state index contributed by atoms with van der Waals surface area (Å²) >= 11 is 0. The smallest absolute Gasteiger partial charge is 0.332 e. The van der Waals surface area contributed by atoms with Gasteiger partial charge in [0.15, 0.2) is 0 Å². The molecule has 1 N–H and O–H groups in total. The third-order valence-corrected chi connectivity index (χ3v) is 5.18. The number of benzene rings is 1. The van der Waals surface area contributed by atoms with Crippen LogP contribution in [0.25, 0.3) is 0 Å². The number of amides is 3. The van der Waals surface area contributed by atoms with E-state index in [0.717, 1.165) is 16.0 Å². The molecule has 2 fully saturated rings. The van der Waals surface area contributed by atoms with E-state index in [1.54, 1.807) is 19.1 Å². The van der Waals surface area contributed by atoms with Crippen LogP contribution in [-0.4, -0.2) is 40.1 Å². The van der Waals surface area contributed by atoms with Gasteiger partial charge < -0.3 is 10.0 Å². The molecule has 2 aliphatic heterocycles. The molecule has 2 saturated heterocycles. The molecule has 0 aliphatic carbocycles. The SMILES string of the molecule is CCc1c(N2C(=O)N3CC[C@H](O)C3(C)C2=O)ccc(C#N)c1C. The van der Waals surface area contributed by atoms with Crippen molar-refractivity contribution in [2.45, 2.75) is 45.3 Å². The van der Waals surface area contributed by atoms with E-state index in [-0.39, 0.29) is 0 Å². The van der Waals surface area contributed by atoms with Crippen LogP contribution in [0.4, 0.5) is 10.5 Å². The van der Waals surface area contributed by atoms with Crippen LogP contribution in [0.1, 0.15) is 37.0 Å². The molecule has 2 heterocycles. The Kier molecular flexibility index (Phi) is 3.42. The molecule has 23 heavy (non-hydrogen) atoms. The van der Waals surface area contributed by atoms with Crippen molar-refractivity contribution in [3.8, 4) is 6.07 Å². The quantitative estimate of drug-likeness (QED) is 0.843. The Morgan fingerprint density at radius 3 is 2.70 bits per heavy atom. The average molecular weight is 313 g/mol. The van der Waals surface area contributed by atoms with Crippen molar-refractivity contribution in [2.24, 2.45) is 0 Å². The summed E-state index contributed by atoms with van der Waals surface area (Å²) in [5, 5.41) is 19.4. The van der Waals surface area contributed by atoms with Crippen LogP contribution in [0.5, 0.6) is 0 Å². The van der Waals surface area contributed by atoms with Crippen LogP contribution in [0.2, 0.25) is 0 Å². The number of carbonyl (C=O) groups is 2. The van der Waals surface area contributed by atoms with Crippen LogP contribution in [0.3, 0.4) is 0 Å². The van der Waals surface area contributed by atoms with Gasteiger partial charge in [-0.15, -0.1) is 0 Å². The van der Waals surface area contributed by atoms with Crippen molar-refractivity contribution in [2.75, 3.05) is 11.4 Å². The summed E-state index contributed by atoms with van der Waals surface area (Å²) in [6.07, 6.45) is 0.163. The number of hydrogen-bond donors (Lipinski definition) is 1. The highest BCUT2D eigenvalue weighted by Crippen LogP contribution is 2.41. The lowest BCUT2D eigenvalue weighted by atomic mass is 9.94. The maximum atomic E-state index is 12.9. The van der Waals surface area contributed by atoms with E-state index in [0.29, 0.717) is 30.6 Å². The van der Waals surface area contributed by atoms with Gasteiger partial charge in [0.1, 0.15) is 5.54 Å². The van der Waals surface area contributed by atoms with Gasteiger partial charge in [-0.2, -0.15) is 5.26 Å². The van der Waals surface area contributed by atoms with Crippen molar-refractivity contribution in [1.82, 2.24) is 4.90 Å². The van der Waals surface area contributed by atoms with Crippen LogP contribution >= 0.6 is 0 Å². The Balaban J connectivity index is 2.14. The lowest BCUT2D eigenvalue weighted by Gasteiger charge is -2.26. The number of aliphatic hydroxyl groups excluding tert-OH is 1. The number of carbonyl (C=O) groups excluding carboxylic acids is 2. The topological polar surface area (TPSA) is 84.6 Å². The van der Waals surface area contributed by atoms with Gasteiger partial charge in [0.25, 0.3) is 5.91 Å². The van der Waals surface area contributed by atoms with Gasteiger partial charge in [-0.25, -0.2) is 9.69 Å². The van der Waals surface area contributed by atoms with Gasteiger partial charge in [0.2, 0.25) is 0 Å². The molecule has 3 rings (SSSR count). The highest BCUT2D eigenvalue weighted by Gasteiger charge is 2.61. The lowest BCUT2D eigenvalue weighted by Crippen LogP contribution is -2.49. The highest BCUT2D eigenvalue weighted by atomic mass is 16.3. The molecule has 1 aromatic rings. The molecular weight excluding hydrogens is 294 g/mol. The number of imide groups is 1. The van der Waals surface area contributed by atoms with E-state index < -0.39 is 23.6 Å². The molecule has 3 amide bonds. The summed E-state index contributed by atoms with van der Waals surface area (Å²) in [5.74, 6) is -0.397. The van der Waals surface area contributed by atoms with Gasteiger partial charge in [-0.05, 0) is 49.9 Å². The van der Waals surface area contributed by atoms with E-state index >= 15 is 0 Å². The second-order valence-electron chi connectivity index (χ2n) is 6.23. The molecular formula is C17H19N3O3. The molecule has 120 valence electrons.